The molecule has 0 radical (unpaired) electrons. The maximum Gasteiger partial charge on any atom is 0.349 e. The molecule has 2 aromatic carbocycles. The zero-order valence-electron chi connectivity index (χ0n) is 15.9. The van der Waals surface area contributed by atoms with E-state index in [0.29, 0.717) is 17.4 Å². The number of rotatable bonds is 7. The molecule has 0 aliphatic rings. The van der Waals surface area contributed by atoms with E-state index in [4.69, 9.17) is 21.1 Å². The van der Waals surface area contributed by atoms with Crippen LogP contribution in [0.2, 0.25) is 5.02 Å². The second kappa shape index (κ2) is 8.91. The number of carbonyl (C=O) groups is 2. The lowest BCUT2D eigenvalue weighted by molar-refractivity contribution is -0.158. The Balaban J connectivity index is 2.23. The fourth-order valence-electron chi connectivity index (χ4n) is 2.59. The first-order chi connectivity index (χ1) is 12.7. The summed E-state index contributed by atoms with van der Waals surface area (Å²) in [4.78, 5) is 23.6. The Morgan fingerprint density at radius 1 is 1.04 bits per heavy atom. The summed E-state index contributed by atoms with van der Waals surface area (Å²) in [6, 6.07) is 14.2. The molecule has 0 aliphatic carbocycles. The predicted molar refractivity (Wildman–Crippen MR) is 105 cm³/mol. The average molecular weight is 390 g/mol. The second-order valence-corrected chi connectivity index (χ2v) is 7.02. The molecule has 2 rings (SSSR count). The molecule has 1 amide bonds. The third-order valence-electron chi connectivity index (χ3n) is 3.90. The van der Waals surface area contributed by atoms with Crippen molar-refractivity contribution in [2.45, 2.75) is 39.3 Å². The Bertz CT molecular complexity index is 785. The van der Waals surface area contributed by atoms with Gasteiger partial charge in [0, 0.05) is 11.9 Å². The van der Waals surface area contributed by atoms with Crippen LogP contribution in [0.1, 0.15) is 44.9 Å². The molecule has 1 N–H and O–H groups in total. The van der Waals surface area contributed by atoms with Gasteiger partial charge in [0.05, 0.1) is 12.6 Å². The van der Waals surface area contributed by atoms with E-state index in [1.807, 2.05) is 24.3 Å². The molecule has 0 saturated carbocycles. The van der Waals surface area contributed by atoms with Crippen LogP contribution in [0.5, 0.6) is 5.75 Å². The van der Waals surface area contributed by atoms with Gasteiger partial charge in [-0.1, -0.05) is 35.9 Å². The molecule has 6 heteroatoms. The first-order valence-electron chi connectivity index (χ1n) is 8.71. The predicted octanol–water partition coefficient (Wildman–Crippen LogP) is 4.29. The monoisotopic (exact) mass is 389 g/mol. The quantitative estimate of drug-likeness (QED) is 0.717. The number of amides is 1. The topological polar surface area (TPSA) is 64.6 Å². The van der Waals surface area contributed by atoms with Crippen LogP contribution in [0, 0.1) is 0 Å². The van der Waals surface area contributed by atoms with Crippen LogP contribution in [0.4, 0.5) is 0 Å². The van der Waals surface area contributed by atoms with Gasteiger partial charge in [0.15, 0.2) is 5.60 Å². The third-order valence-corrected chi connectivity index (χ3v) is 4.16. The van der Waals surface area contributed by atoms with Crippen molar-refractivity contribution in [3.8, 4) is 5.75 Å². The van der Waals surface area contributed by atoms with Gasteiger partial charge in [0.1, 0.15) is 5.75 Å². The molecule has 0 saturated heterocycles. The van der Waals surface area contributed by atoms with E-state index in [1.165, 1.54) is 6.92 Å². The lowest BCUT2D eigenvalue weighted by Crippen LogP contribution is -2.39. The molecular weight excluding hydrogens is 366 g/mol. The average Bonchev–Trinajstić information content (AvgIpc) is 2.61. The molecular formula is C21H24ClNO4. The number of carbonyl (C=O) groups excluding carboxylic acids is 2. The van der Waals surface area contributed by atoms with Crippen LogP contribution in [0.25, 0.3) is 0 Å². The molecule has 0 bridgehead atoms. The molecule has 2 aromatic rings. The van der Waals surface area contributed by atoms with Crippen molar-refractivity contribution in [3.05, 3.63) is 64.7 Å². The molecule has 0 spiro atoms. The van der Waals surface area contributed by atoms with Crippen molar-refractivity contribution in [3.63, 3.8) is 0 Å². The first-order valence-corrected chi connectivity index (χ1v) is 9.09. The summed E-state index contributed by atoms with van der Waals surface area (Å²) >= 11 is 5.96. The number of nitrogens with one attached hydrogen (secondary N) is 1. The fourth-order valence-corrected chi connectivity index (χ4v) is 2.71. The number of ether oxygens (including phenoxy) is 2. The molecule has 0 aliphatic heterocycles. The lowest BCUT2D eigenvalue weighted by atomic mass is 9.98. The summed E-state index contributed by atoms with van der Waals surface area (Å²) in [7, 11) is 0. The van der Waals surface area contributed by atoms with E-state index in [1.54, 1.807) is 45.0 Å². The van der Waals surface area contributed by atoms with Gasteiger partial charge in [-0.3, -0.25) is 4.79 Å². The van der Waals surface area contributed by atoms with E-state index in [-0.39, 0.29) is 11.9 Å². The second-order valence-electron chi connectivity index (χ2n) is 6.59. The lowest BCUT2D eigenvalue weighted by Gasteiger charge is -2.24. The van der Waals surface area contributed by atoms with Gasteiger partial charge in [0.25, 0.3) is 0 Å². The van der Waals surface area contributed by atoms with Crippen molar-refractivity contribution in [1.82, 2.24) is 5.32 Å². The summed E-state index contributed by atoms with van der Waals surface area (Å²) in [5, 5.41) is 3.57. The van der Waals surface area contributed by atoms with Crippen LogP contribution in [0.3, 0.4) is 0 Å². The Morgan fingerprint density at radius 2 is 1.56 bits per heavy atom. The van der Waals surface area contributed by atoms with E-state index in [2.05, 4.69) is 5.32 Å². The molecule has 0 fully saturated rings. The standard InChI is InChI=1S/C21H24ClNO4/c1-5-26-20(25)21(3,4)27-18-12-8-16(9-13-18)19(23-14(2)24)15-6-10-17(22)11-7-15/h6-13,19H,5H2,1-4H3,(H,23,24). The molecule has 1 unspecified atom stereocenters. The van der Waals surface area contributed by atoms with Crippen LogP contribution in [-0.4, -0.2) is 24.1 Å². The highest BCUT2D eigenvalue weighted by Crippen LogP contribution is 2.27. The van der Waals surface area contributed by atoms with Gasteiger partial charge in [-0.05, 0) is 56.2 Å². The molecule has 0 aromatic heterocycles. The fraction of sp³-hybridized carbons (Fsp3) is 0.333. The number of benzene rings is 2. The van der Waals surface area contributed by atoms with Gasteiger partial charge in [-0.15, -0.1) is 0 Å². The summed E-state index contributed by atoms with van der Waals surface area (Å²) in [5.74, 6) is -0.0282. The highest BCUT2D eigenvalue weighted by molar-refractivity contribution is 6.30. The van der Waals surface area contributed by atoms with Gasteiger partial charge in [-0.25, -0.2) is 4.79 Å². The maximum atomic E-state index is 12.0. The highest BCUT2D eigenvalue weighted by atomic mass is 35.5. The summed E-state index contributed by atoms with van der Waals surface area (Å²) < 4.78 is 10.8. The van der Waals surface area contributed by atoms with Gasteiger partial charge >= 0.3 is 5.97 Å². The van der Waals surface area contributed by atoms with Gasteiger partial charge in [-0.2, -0.15) is 0 Å². The van der Waals surface area contributed by atoms with Crippen molar-refractivity contribution in [2.75, 3.05) is 6.61 Å². The van der Waals surface area contributed by atoms with Crippen molar-refractivity contribution in [2.24, 2.45) is 0 Å². The van der Waals surface area contributed by atoms with Crippen molar-refractivity contribution >= 4 is 23.5 Å². The third kappa shape index (κ3) is 5.73. The maximum absolute atomic E-state index is 12.0. The summed E-state index contributed by atoms with van der Waals surface area (Å²) in [6.07, 6.45) is 0. The van der Waals surface area contributed by atoms with E-state index in [0.717, 1.165) is 11.1 Å². The smallest absolute Gasteiger partial charge is 0.349 e. The number of hydrogen-bond donors (Lipinski definition) is 1. The van der Waals surface area contributed by atoms with Crippen LogP contribution >= 0.6 is 11.6 Å². The minimum absolute atomic E-state index is 0.140. The Morgan fingerprint density at radius 3 is 2.04 bits per heavy atom. The van der Waals surface area contributed by atoms with Crippen LogP contribution < -0.4 is 10.1 Å². The number of halogens is 1. The molecule has 27 heavy (non-hydrogen) atoms. The van der Waals surface area contributed by atoms with Crippen LogP contribution in [0.15, 0.2) is 48.5 Å². The molecule has 1 atom stereocenters. The Labute approximate surface area is 164 Å². The SMILES string of the molecule is CCOC(=O)C(C)(C)Oc1ccc(C(NC(C)=O)c2ccc(Cl)cc2)cc1. The van der Waals surface area contributed by atoms with Crippen molar-refractivity contribution < 1.29 is 19.1 Å². The first kappa shape index (κ1) is 20.8. The van der Waals surface area contributed by atoms with E-state index in [9.17, 15) is 9.59 Å². The number of hydrogen-bond acceptors (Lipinski definition) is 4. The minimum atomic E-state index is -1.09. The molecule has 5 nitrogen and oxygen atoms in total. The van der Waals surface area contributed by atoms with Gasteiger partial charge in [0.2, 0.25) is 5.91 Å². The summed E-state index contributed by atoms with van der Waals surface area (Å²) in [6.45, 7) is 6.84. The van der Waals surface area contributed by atoms with E-state index < -0.39 is 11.6 Å². The minimum Gasteiger partial charge on any atom is -0.476 e. The van der Waals surface area contributed by atoms with Crippen molar-refractivity contribution in [1.29, 1.82) is 0 Å². The zero-order valence-corrected chi connectivity index (χ0v) is 16.7. The largest absolute Gasteiger partial charge is 0.476 e. The van der Waals surface area contributed by atoms with Gasteiger partial charge < -0.3 is 14.8 Å². The normalized spacial score (nSPS) is 12.2. The van der Waals surface area contributed by atoms with E-state index >= 15 is 0 Å². The summed E-state index contributed by atoms with van der Waals surface area (Å²) in [5.41, 5.74) is 0.703. The zero-order chi connectivity index (χ0) is 20.0. The number of esters is 1. The van der Waals surface area contributed by atoms with Crippen LogP contribution in [-0.2, 0) is 14.3 Å². The molecule has 0 heterocycles. The molecule has 144 valence electrons. The Kier molecular flexibility index (Phi) is 6.86. The highest BCUT2D eigenvalue weighted by Gasteiger charge is 2.31. The Hall–Kier alpha value is -2.53.